The molecular formula is C23H30N4O2. The molecule has 0 saturated heterocycles. The zero-order valence-electron chi connectivity index (χ0n) is 17.7. The van der Waals surface area contributed by atoms with Gasteiger partial charge in [0.05, 0.1) is 0 Å². The van der Waals surface area contributed by atoms with Crippen LogP contribution in [0, 0.1) is 0 Å². The Morgan fingerprint density at radius 2 is 1.93 bits per heavy atom. The molecule has 0 unspecified atom stereocenters. The number of hydrogen-bond acceptors (Lipinski definition) is 5. The van der Waals surface area contributed by atoms with Crippen LogP contribution in [0.5, 0.6) is 0 Å². The van der Waals surface area contributed by atoms with Gasteiger partial charge in [0.15, 0.2) is 5.58 Å². The van der Waals surface area contributed by atoms with Crippen LogP contribution in [-0.4, -0.2) is 50.0 Å². The number of rotatable bonds is 9. The lowest BCUT2D eigenvalue weighted by atomic mass is 10.1. The molecule has 0 aliphatic rings. The fourth-order valence-electron chi connectivity index (χ4n) is 3.05. The van der Waals surface area contributed by atoms with Crippen molar-refractivity contribution in [1.29, 1.82) is 0 Å². The Balaban J connectivity index is 1.71. The third kappa shape index (κ3) is 5.57. The molecular weight excluding hydrogens is 364 g/mol. The molecule has 1 heterocycles. The summed E-state index contributed by atoms with van der Waals surface area (Å²) < 4.78 is 5.84. The topological polar surface area (TPSA) is 61.6 Å². The molecule has 1 amide bonds. The first-order valence-corrected chi connectivity index (χ1v) is 10.1. The van der Waals surface area contributed by atoms with E-state index in [0.717, 1.165) is 37.9 Å². The summed E-state index contributed by atoms with van der Waals surface area (Å²) in [4.78, 5) is 21.3. The maximum Gasteiger partial charge on any atom is 0.298 e. The highest BCUT2D eigenvalue weighted by atomic mass is 16.4. The number of hydrogen-bond donors (Lipinski definition) is 1. The van der Waals surface area contributed by atoms with Crippen LogP contribution in [0.3, 0.4) is 0 Å². The van der Waals surface area contributed by atoms with E-state index in [0.29, 0.717) is 22.8 Å². The number of aryl methyl sites for hydroxylation is 1. The van der Waals surface area contributed by atoms with Gasteiger partial charge in [-0.1, -0.05) is 25.5 Å². The van der Waals surface area contributed by atoms with Crippen molar-refractivity contribution in [3.05, 3.63) is 53.6 Å². The van der Waals surface area contributed by atoms with Crippen molar-refractivity contribution in [3.8, 4) is 0 Å². The number of aromatic nitrogens is 1. The summed E-state index contributed by atoms with van der Waals surface area (Å²) in [5.74, 6) is -0.116. The quantitative estimate of drug-likeness (QED) is 0.582. The van der Waals surface area contributed by atoms with Crippen molar-refractivity contribution >= 4 is 28.7 Å². The van der Waals surface area contributed by atoms with E-state index in [1.165, 1.54) is 5.56 Å². The molecule has 6 nitrogen and oxygen atoms in total. The molecule has 0 bridgehead atoms. The van der Waals surface area contributed by atoms with E-state index in [4.69, 9.17) is 4.42 Å². The fourth-order valence-corrected chi connectivity index (χ4v) is 3.05. The predicted octanol–water partition coefficient (Wildman–Crippen LogP) is 4.42. The first kappa shape index (κ1) is 20.9. The summed E-state index contributed by atoms with van der Waals surface area (Å²) in [7, 11) is 6.03. The second-order valence-electron chi connectivity index (χ2n) is 7.66. The van der Waals surface area contributed by atoms with Crippen LogP contribution in [0.2, 0.25) is 0 Å². The third-order valence-electron chi connectivity index (χ3n) is 4.85. The van der Waals surface area contributed by atoms with E-state index < -0.39 is 0 Å². The van der Waals surface area contributed by atoms with Crippen molar-refractivity contribution < 1.29 is 9.21 Å². The van der Waals surface area contributed by atoms with Gasteiger partial charge in [0.1, 0.15) is 5.52 Å². The summed E-state index contributed by atoms with van der Waals surface area (Å²) >= 11 is 0. The highest BCUT2D eigenvalue weighted by Gasteiger charge is 2.13. The molecule has 0 atom stereocenters. The number of fused-ring (bicyclic) bond motifs is 1. The van der Waals surface area contributed by atoms with Gasteiger partial charge in [-0.05, 0) is 62.8 Å². The Bertz CT molecular complexity index is 964. The minimum absolute atomic E-state index is 0.116. The number of carbonyl (C=O) groups is 1. The SMILES string of the molecule is CCCCc1cccc(C(=O)Nc2ccc3oc(N(C)CCN(C)C)nc3c2)c1. The summed E-state index contributed by atoms with van der Waals surface area (Å²) in [5.41, 5.74) is 4.00. The maximum absolute atomic E-state index is 12.7. The van der Waals surface area contributed by atoms with Gasteiger partial charge in [-0.2, -0.15) is 4.98 Å². The van der Waals surface area contributed by atoms with Gasteiger partial charge in [-0.25, -0.2) is 0 Å². The largest absolute Gasteiger partial charge is 0.423 e. The molecule has 0 aliphatic heterocycles. The van der Waals surface area contributed by atoms with Crippen molar-refractivity contribution in [1.82, 2.24) is 9.88 Å². The molecule has 0 saturated carbocycles. The standard InChI is InChI=1S/C23H30N4O2/c1-5-6-8-17-9-7-10-18(15-17)22(28)24-19-11-12-21-20(16-19)25-23(29-21)27(4)14-13-26(2)3/h7,9-12,15-16H,5-6,8,13-14H2,1-4H3,(H,24,28). The van der Waals surface area contributed by atoms with Crippen LogP contribution in [0.25, 0.3) is 11.1 Å². The zero-order chi connectivity index (χ0) is 20.8. The molecule has 1 N–H and O–H groups in total. The normalized spacial score (nSPS) is 11.2. The average Bonchev–Trinajstić information content (AvgIpc) is 3.14. The Labute approximate surface area is 172 Å². The van der Waals surface area contributed by atoms with Gasteiger partial charge < -0.3 is 19.5 Å². The molecule has 3 aromatic rings. The van der Waals surface area contributed by atoms with E-state index in [2.05, 4.69) is 28.2 Å². The van der Waals surface area contributed by atoms with E-state index in [1.807, 2.05) is 62.4 Å². The number of unbranched alkanes of at least 4 members (excludes halogenated alkanes) is 1. The van der Waals surface area contributed by atoms with Crippen molar-refractivity contribution in [2.45, 2.75) is 26.2 Å². The van der Waals surface area contributed by atoms with Gasteiger partial charge in [0.2, 0.25) is 0 Å². The van der Waals surface area contributed by atoms with Crippen molar-refractivity contribution in [3.63, 3.8) is 0 Å². The molecule has 3 rings (SSSR count). The van der Waals surface area contributed by atoms with Crippen LogP contribution in [0.15, 0.2) is 46.9 Å². The molecule has 0 fully saturated rings. The first-order valence-electron chi connectivity index (χ1n) is 10.1. The Kier molecular flexibility index (Phi) is 6.88. The Hall–Kier alpha value is -2.86. The third-order valence-corrected chi connectivity index (χ3v) is 4.85. The lowest BCUT2D eigenvalue weighted by molar-refractivity contribution is 0.102. The van der Waals surface area contributed by atoms with Crippen LogP contribution in [-0.2, 0) is 6.42 Å². The van der Waals surface area contributed by atoms with Gasteiger partial charge in [-0.15, -0.1) is 0 Å². The number of likely N-dealkylation sites (N-methyl/N-ethyl adjacent to an activating group) is 2. The summed E-state index contributed by atoms with van der Waals surface area (Å²) in [6.07, 6.45) is 3.26. The van der Waals surface area contributed by atoms with Crippen LogP contribution in [0.1, 0.15) is 35.7 Å². The minimum atomic E-state index is -0.116. The summed E-state index contributed by atoms with van der Waals surface area (Å²) in [6, 6.07) is 13.9. The number of nitrogens with zero attached hydrogens (tertiary/aromatic N) is 3. The number of nitrogens with one attached hydrogen (secondary N) is 1. The second kappa shape index (κ2) is 9.56. The molecule has 0 radical (unpaired) electrons. The summed E-state index contributed by atoms with van der Waals surface area (Å²) in [6.45, 7) is 3.90. The van der Waals surface area contributed by atoms with Gasteiger partial charge in [0, 0.05) is 31.4 Å². The molecule has 0 spiro atoms. The number of carbonyl (C=O) groups excluding carboxylic acids is 1. The number of anilines is 2. The van der Waals surface area contributed by atoms with Gasteiger partial charge in [-0.3, -0.25) is 4.79 Å². The highest BCUT2D eigenvalue weighted by Crippen LogP contribution is 2.24. The molecule has 1 aromatic heterocycles. The van der Waals surface area contributed by atoms with E-state index in [-0.39, 0.29) is 5.91 Å². The zero-order valence-corrected chi connectivity index (χ0v) is 17.7. The van der Waals surface area contributed by atoms with E-state index >= 15 is 0 Å². The molecule has 2 aromatic carbocycles. The van der Waals surface area contributed by atoms with Crippen LogP contribution in [0.4, 0.5) is 11.7 Å². The Morgan fingerprint density at radius 1 is 1.10 bits per heavy atom. The molecule has 154 valence electrons. The lowest BCUT2D eigenvalue weighted by Gasteiger charge is -2.17. The fraction of sp³-hybridized carbons (Fsp3) is 0.391. The molecule has 29 heavy (non-hydrogen) atoms. The number of oxazole rings is 1. The van der Waals surface area contributed by atoms with Crippen molar-refractivity contribution in [2.75, 3.05) is 44.4 Å². The second-order valence-corrected chi connectivity index (χ2v) is 7.66. The summed E-state index contributed by atoms with van der Waals surface area (Å²) in [5, 5.41) is 2.97. The number of benzene rings is 2. The minimum Gasteiger partial charge on any atom is -0.423 e. The van der Waals surface area contributed by atoms with Crippen LogP contribution < -0.4 is 10.2 Å². The smallest absolute Gasteiger partial charge is 0.298 e. The van der Waals surface area contributed by atoms with Gasteiger partial charge >= 0.3 is 0 Å². The van der Waals surface area contributed by atoms with E-state index in [1.54, 1.807) is 0 Å². The van der Waals surface area contributed by atoms with Crippen LogP contribution >= 0.6 is 0 Å². The monoisotopic (exact) mass is 394 g/mol. The van der Waals surface area contributed by atoms with Gasteiger partial charge in [0.25, 0.3) is 11.9 Å². The Morgan fingerprint density at radius 3 is 2.69 bits per heavy atom. The highest BCUT2D eigenvalue weighted by molar-refractivity contribution is 6.05. The first-order chi connectivity index (χ1) is 14.0. The van der Waals surface area contributed by atoms with Crippen molar-refractivity contribution in [2.24, 2.45) is 0 Å². The number of amides is 1. The average molecular weight is 395 g/mol. The van der Waals surface area contributed by atoms with E-state index in [9.17, 15) is 4.79 Å². The molecule has 0 aliphatic carbocycles. The lowest BCUT2D eigenvalue weighted by Crippen LogP contribution is -2.28. The maximum atomic E-state index is 12.7. The molecule has 6 heteroatoms. The predicted molar refractivity (Wildman–Crippen MR) is 119 cm³/mol.